The van der Waals surface area contributed by atoms with Crippen LogP contribution in [0.1, 0.15) is 22.5 Å². The van der Waals surface area contributed by atoms with Crippen molar-refractivity contribution in [3.63, 3.8) is 0 Å². The van der Waals surface area contributed by atoms with Gasteiger partial charge in [-0.05, 0) is 47.4 Å². The van der Waals surface area contributed by atoms with Crippen molar-refractivity contribution in [2.24, 2.45) is 0 Å². The average Bonchev–Trinajstić information content (AvgIpc) is 2.90. The molecule has 0 radical (unpaired) electrons. The summed E-state index contributed by atoms with van der Waals surface area (Å²) in [5.41, 5.74) is 2.97. The summed E-state index contributed by atoms with van der Waals surface area (Å²) < 4.78 is 27.0. The lowest BCUT2D eigenvalue weighted by Gasteiger charge is -2.29. The summed E-state index contributed by atoms with van der Waals surface area (Å²) in [6.45, 7) is 2.06. The van der Waals surface area contributed by atoms with E-state index in [1.165, 1.54) is 17.9 Å². The standard InChI is InChI=1S/C27H30N2O7/c1-32-21-6-4-18(5-7-21)13-28-27(31)17-36-26-16-35-22(12-23(26)30)15-29-9-8-19-10-24(33-2)25(34-3)11-20(19)14-29/h4-7,10-12,16H,8-9,13-15,17H2,1-3H3,(H,28,31). The molecule has 1 amide bonds. The summed E-state index contributed by atoms with van der Waals surface area (Å²) in [5, 5.41) is 2.75. The van der Waals surface area contributed by atoms with E-state index in [0.29, 0.717) is 31.1 Å². The molecule has 0 saturated heterocycles. The summed E-state index contributed by atoms with van der Waals surface area (Å²) in [6.07, 6.45) is 2.12. The smallest absolute Gasteiger partial charge is 0.258 e. The van der Waals surface area contributed by atoms with Crippen LogP contribution in [0.3, 0.4) is 0 Å². The van der Waals surface area contributed by atoms with E-state index in [0.717, 1.165) is 35.6 Å². The highest BCUT2D eigenvalue weighted by Crippen LogP contribution is 2.33. The third kappa shape index (κ3) is 6.17. The van der Waals surface area contributed by atoms with Gasteiger partial charge in [0.1, 0.15) is 17.8 Å². The van der Waals surface area contributed by atoms with Crippen molar-refractivity contribution < 1.29 is 28.2 Å². The highest BCUT2D eigenvalue weighted by atomic mass is 16.5. The van der Waals surface area contributed by atoms with Crippen LogP contribution in [0.4, 0.5) is 0 Å². The SMILES string of the molecule is COc1ccc(CNC(=O)COc2coc(CN3CCc4cc(OC)c(OC)cc4C3)cc2=O)cc1. The lowest BCUT2D eigenvalue weighted by Crippen LogP contribution is -2.30. The minimum absolute atomic E-state index is 0.000770. The van der Waals surface area contributed by atoms with Crippen LogP contribution in [0.5, 0.6) is 23.0 Å². The maximum atomic E-state index is 12.5. The molecule has 0 fully saturated rings. The second-order valence-corrected chi connectivity index (χ2v) is 8.42. The Balaban J connectivity index is 1.29. The van der Waals surface area contributed by atoms with E-state index in [1.807, 2.05) is 36.4 Å². The Bertz CT molecular complexity index is 1250. The van der Waals surface area contributed by atoms with E-state index in [1.54, 1.807) is 21.3 Å². The van der Waals surface area contributed by atoms with E-state index in [4.69, 9.17) is 23.4 Å². The van der Waals surface area contributed by atoms with E-state index >= 15 is 0 Å². The molecular formula is C27H30N2O7. The lowest BCUT2D eigenvalue weighted by atomic mass is 9.98. The van der Waals surface area contributed by atoms with E-state index in [-0.39, 0.29) is 23.7 Å². The fourth-order valence-electron chi connectivity index (χ4n) is 4.06. The first-order chi connectivity index (χ1) is 17.5. The summed E-state index contributed by atoms with van der Waals surface area (Å²) in [5.74, 6) is 2.35. The molecule has 0 atom stereocenters. The van der Waals surface area contributed by atoms with Crippen LogP contribution in [-0.2, 0) is 30.8 Å². The third-order valence-corrected chi connectivity index (χ3v) is 6.04. The average molecular weight is 495 g/mol. The van der Waals surface area contributed by atoms with Crippen LogP contribution in [0.25, 0.3) is 0 Å². The normalized spacial score (nSPS) is 13.0. The van der Waals surface area contributed by atoms with Gasteiger partial charge in [-0.3, -0.25) is 14.5 Å². The first-order valence-corrected chi connectivity index (χ1v) is 11.6. The van der Waals surface area contributed by atoms with Gasteiger partial charge < -0.3 is 28.7 Å². The number of hydrogen-bond donors (Lipinski definition) is 1. The fraction of sp³-hybridized carbons (Fsp3) is 0.333. The van der Waals surface area contributed by atoms with Gasteiger partial charge in [-0.2, -0.15) is 0 Å². The van der Waals surface area contributed by atoms with E-state index in [9.17, 15) is 9.59 Å². The number of fused-ring (bicyclic) bond motifs is 1. The molecule has 3 aromatic rings. The largest absolute Gasteiger partial charge is 0.497 e. The fourth-order valence-corrected chi connectivity index (χ4v) is 4.06. The second-order valence-electron chi connectivity index (χ2n) is 8.42. The summed E-state index contributed by atoms with van der Waals surface area (Å²) in [7, 11) is 4.84. The Labute approximate surface area is 209 Å². The molecule has 0 aliphatic carbocycles. The summed E-state index contributed by atoms with van der Waals surface area (Å²) >= 11 is 0. The monoisotopic (exact) mass is 494 g/mol. The number of benzene rings is 2. The van der Waals surface area contributed by atoms with Crippen molar-refractivity contribution in [1.82, 2.24) is 10.2 Å². The topological polar surface area (TPSA) is 99.5 Å². The number of nitrogens with zero attached hydrogens (tertiary/aromatic N) is 1. The van der Waals surface area contributed by atoms with Crippen LogP contribution >= 0.6 is 0 Å². The number of methoxy groups -OCH3 is 3. The van der Waals surface area contributed by atoms with E-state index < -0.39 is 0 Å². The maximum Gasteiger partial charge on any atom is 0.258 e. The predicted octanol–water partition coefficient (Wildman–Crippen LogP) is 2.92. The molecule has 9 heteroatoms. The van der Waals surface area contributed by atoms with Crippen molar-refractivity contribution in [3.05, 3.63) is 81.4 Å². The van der Waals surface area contributed by atoms with Crippen LogP contribution in [0.15, 0.2) is 57.9 Å². The highest BCUT2D eigenvalue weighted by Gasteiger charge is 2.20. The molecule has 36 heavy (non-hydrogen) atoms. The van der Waals surface area contributed by atoms with Gasteiger partial charge in [0.15, 0.2) is 18.1 Å². The van der Waals surface area contributed by atoms with Gasteiger partial charge in [0.25, 0.3) is 5.91 Å². The molecule has 1 aliphatic heterocycles. The zero-order valence-corrected chi connectivity index (χ0v) is 20.7. The quantitative estimate of drug-likeness (QED) is 0.459. The van der Waals surface area contributed by atoms with Crippen LogP contribution in [0.2, 0.25) is 0 Å². The molecule has 0 saturated carbocycles. The molecule has 2 aromatic carbocycles. The molecule has 1 aliphatic rings. The molecule has 1 N–H and O–H groups in total. The predicted molar refractivity (Wildman–Crippen MR) is 133 cm³/mol. The number of rotatable bonds is 10. The zero-order valence-electron chi connectivity index (χ0n) is 20.7. The Morgan fingerprint density at radius 2 is 1.69 bits per heavy atom. The van der Waals surface area contributed by atoms with Crippen LogP contribution in [0, 0.1) is 0 Å². The number of hydrogen-bond acceptors (Lipinski definition) is 8. The van der Waals surface area contributed by atoms with Gasteiger partial charge in [-0.1, -0.05) is 12.1 Å². The molecule has 0 spiro atoms. The minimum Gasteiger partial charge on any atom is -0.497 e. The third-order valence-electron chi connectivity index (χ3n) is 6.04. The Hall–Kier alpha value is -3.98. The van der Waals surface area contributed by atoms with E-state index in [2.05, 4.69) is 10.2 Å². The van der Waals surface area contributed by atoms with Gasteiger partial charge in [0, 0.05) is 25.7 Å². The van der Waals surface area contributed by atoms with Gasteiger partial charge in [0.2, 0.25) is 11.2 Å². The highest BCUT2D eigenvalue weighted by molar-refractivity contribution is 5.77. The van der Waals surface area contributed by atoms with Gasteiger partial charge >= 0.3 is 0 Å². The number of nitrogens with one attached hydrogen (secondary N) is 1. The molecule has 2 heterocycles. The van der Waals surface area contributed by atoms with Gasteiger partial charge in [-0.15, -0.1) is 0 Å². The molecule has 0 bridgehead atoms. The summed E-state index contributed by atoms with van der Waals surface area (Å²) in [6, 6.07) is 12.8. The lowest BCUT2D eigenvalue weighted by molar-refractivity contribution is -0.123. The van der Waals surface area contributed by atoms with Crippen molar-refractivity contribution in [3.8, 4) is 23.0 Å². The first kappa shape index (κ1) is 25.1. The van der Waals surface area contributed by atoms with Crippen molar-refractivity contribution >= 4 is 5.91 Å². The molecule has 0 unspecified atom stereocenters. The first-order valence-electron chi connectivity index (χ1n) is 11.6. The molecule has 4 rings (SSSR count). The van der Waals surface area contributed by atoms with Crippen LogP contribution < -0.4 is 29.7 Å². The molecule has 1 aromatic heterocycles. The number of carbonyl (C=O) groups is 1. The van der Waals surface area contributed by atoms with Crippen molar-refractivity contribution in [2.45, 2.75) is 26.1 Å². The minimum atomic E-state index is -0.340. The molecular weight excluding hydrogens is 464 g/mol. The van der Waals surface area contributed by atoms with Gasteiger partial charge in [0.05, 0.1) is 27.9 Å². The number of ether oxygens (including phenoxy) is 4. The van der Waals surface area contributed by atoms with Crippen molar-refractivity contribution in [1.29, 1.82) is 0 Å². The zero-order chi connectivity index (χ0) is 25.5. The molecule has 190 valence electrons. The second kappa shape index (κ2) is 11.6. The maximum absolute atomic E-state index is 12.5. The van der Waals surface area contributed by atoms with Gasteiger partial charge in [-0.25, -0.2) is 0 Å². The Morgan fingerprint density at radius 1 is 0.972 bits per heavy atom. The Morgan fingerprint density at radius 3 is 2.36 bits per heavy atom. The Kier molecular flexibility index (Phi) is 8.12. The van der Waals surface area contributed by atoms with Crippen molar-refractivity contribution in [2.75, 3.05) is 34.5 Å². The summed E-state index contributed by atoms with van der Waals surface area (Å²) in [4.78, 5) is 26.8. The number of carbonyl (C=O) groups excluding carboxylic acids is 1. The number of amides is 1. The van der Waals surface area contributed by atoms with Crippen LogP contribution in [-0.4, -0.2) is 45.3 Å². The molecule has 9 nitrogen and oxygen atoms in total.